The fourth-order valence-electron chi connectivity index (χ4n) is 1.42. The lowest BCUT2D eigenvalue weighted by molar-refractivity contribution is 0.0825. The van der Waals surface area contributed by atoms with Crippen LogP contribution >= 0.6 is 67.8 Å². The third-order valence-electron chi connectivity index (χ3n) is 2.43. The molecular formula is C11H12I3N3O2. The monoisotopic (exact) mass is 599 g/mol. The van der Waals surface area contributed by atoms with E-state index in [0.717, 1.165) is 0 Å². The molecule has 0 bridgehead atoms. The molecule has 8 heteroatoms. The Bertz CT molecular complexity index is 559. The number of nitrogens with two attached hydrogens (primary N) is 1. The van der Waals surface area contributed by atoms with Crippen molar-refractivity contribution in [2.45, 2.75) is 0 Å². The van der Waals surface area contributed by atoms with Crippen molar-refractivity contribution in [3.63, 3.8) is 0 Å². The first kappa shape index (κ1) is 17.2. The highest BCUT2D eigenvalue weighted by atomic mass is 127. The van der Waals surface area contributed by atoms with Crippen molar-refractivity contribution in [3.05, 3.63) is 21.8 Å². The van der Waals surface area contributed by atoms with Crippen molar-refractivity contribution in [1.82, 2.24) is 10.2 Å². The second-order valence-electron chi connectivity index (χ2n) is 3.88. The van der Waals surface area contributed by atoms with E-state index in [-0.39, 0.29) is 11.8 Å². The van der Waals surface area contributed by atoms with Crippen molar-refractivity contribution in [1.29, 1.82) is 0 Å². The summed E-state index contributed by atoms with van der Waals surface area (Å²) in [5.74, 6) is -0.410. The summed E-state index contributed by atoms with van der Waals surface area (Å²) in [6, 6.07) is 0. The van der Waals surface area contributed by atoms with Gasteiger partial charge in [0, 0.05) is 24.7 Å². The highest BCUT2D eigenvalue weighted by molar-refractivity contribution is 14.1. The molecule has 0 aromatic heterocycles. The minimum absolute atomic E-state index is 0.165. The van der Waals surface area contributed by atoms with Crippen LogP contribution < -0.4 is 11.1 Å². The molecule has 19 heavy (non-hydrogen) atoms. The van der Waals surface area contributed by atoms with Crippen LogP contribution in [0.2, 0.25) is 0 Å². The first-order chi connectivity index (χ1) is 8.73. The molecule has 0 atom stereocenters. The van der Waals surface area contributed by atoms with Gasteiger partial charge >= 0.3 is 0 Å². The molecule has 3 N–H and O–H groups in total. The van der Waals surface area contributed by atoms with Crippen LogP contribution in [0.4, 0.5) is 5.69 Å². The van der Waals surface area contributed by atoms with Gasteiger partial charge in [0.15, 0.2) is 0 Å². The molecule has 0 fully saturated rings. The fraction of sp³-hybridized carbons (Fsp3) is 0.273. The molecule has 0 spiro atoms. The van der Waals surface area contributed by atoms with Crippen LogP contribution in [-0.2, 0) is 0 Å². The largest absolute Gasteiger partial charge is 0.397 e. The maximum atomic E-state index is 12.2. The number of halogens is 3. The van der Waals surface area contributed by atoms with Gasteiger partial charge in [-0.05, 0) is 67.8 Å². The number of nitrogens with zero attached hydrogens (tertiary/aromatic N) is 1. The van der Waals surface area contributed by atoms with Crippen molar-refractivity contribution in [2.24, 2.45) is 0 Å². The van der Waals surface area contributed by atoms with E-state index in [2.05, 4.69) is 5.32 Å². The molecule has 104 valence electrons. The summed E-state index contributed by atoms with van der Waals surface area (Å²) in [6.07, 6.45) is 0. The average Bonchev–Trinajstić information content (AvgIpc) is 2.35. The number of carbonyl (C=O) groups is 2. The molecule has 0 saturated heterocycles. The Labute approximate surface area is 152 Å². The van der Waals surface area contributed by atoms with Crippen molar-refractivity contribution < 1.29 is 9.59 Å². The van der Waals surface area contributed by atoms with Gasteiger partial charge in [-0.2, -0.15) is 0 Å². The SMILES string of the molecule is CNC(=O)c1c(I)c(N)c(I)c(C(=O)N(C)C)c1I. The Morgan fingerprint density at radius 1 is 1.05 bits per heavy atom. The topological polar surface area (TPSA) is 75.4 Å². The average molecular weight is 599 g/mol. The molecule has 0 radical (unpaired) electrons. The summed E-state index contributed by atoms with van der Waals surface area (Å²) in [6.45, 7) is 0. The third-order valence-corrected chi connectivity index (χ3v) is 5.74. The van der Waals surface area contributed by atoms with Gasteiger partial charge in [0.25, 0.3) is 11.8 Å². The highest BCUT2D eigenvalue weighted by Gasteiger charge is 2.26. The van der Waals surface area contributed by atoms with Gasteiger partial charge in [-0.25, -0.2) is 0 Å². The van der Waals surface area contributed by atoms with Crippen LogP contribution in [0.15, 0.2) is 0 Å². The second kappa shape index (κ2) is 6.74. The second-order valence-corrected chi connectivity index (χ2v) is 7.12. The molecular weight excluding hydrogens is 587 g/mol. The molecule has 0 unspecified atom stereocenters. The van der Waals surface area contributed by atoms with Gasteiger partial charge < -0.3 is 16.0 Å². The van der Waals surface area contributed by atoms with Gasteiger partial charge in [-0.3, -0.25) is 9.59 Å². The number of carbonyl (C=O) groups excluding carboxylic acids is 2. The number of benzene rings is 1. The zero-order valence-corrected chi connectivity index (χ0v) is 16.9. The lowest BCUT2D eigenvalue weighted by atomic mass is 10.1. The zero-order valence-electron chi connectivity index (χ0n) is 10.5. The molecule has 0 saturated carbocycles. The number of hydrogen-bond donors (Lipinski definition) is 2. The van der Waals surface area contributed by atoms with Crippen LogP contribution in [0, 0.1) is 10.7 Å². The van der Waals surface area contributed by atoms with Crippen LogP contribution in [-0.4, -0.2) is 37.9 Å². The molecule has 1 aromatic rings. The van der Waals surface area contributed by atoms with E-state index in [4.69, 9.17) is 5.73 Å². The summed E-state index contributed by atoms with van der Waals surface area (Å²) in [5, 5.41) is 2.57. The summed E-state index contributed by atoms with van der Waals surface area (Å²) < 4.78 is 1.97. The maximum Gasteiger partial charge on any atom is 0.255 e. The number of anilines is 1. The van der Waals surface area contributed by atoms with Crippen LogP contribution in [0.1, 0.15) is 20.7 Å². The molecule has 1 rings (SSSR count). The van der Waals surface area contributed by atoms with E-state index in [1.807, 2.05) is 67.8 Å². The minimum Gasteiger partial charge on any atom is -0.397 e. The first-order valence-corrected chi connectivity index (χ1v) is 8.37. The van der Waals surface area contributed by atoms with E-state index in [9.17, 15) is 9.59 Å². The van der Waals surface area contributed by atoms with Crippen LogP contribution in [0.5, 0.6) is 0 Å². The normalized spacial score (nSPS) is 10.2. The van der Waals surface area contributed by atoms with Crippen molar-refractivity contribution in [3.8, 4) is 0 Å². The number of amides is 2. The van der Waals surface area contributed by atoms with Crippen LogP contribution in [0.25, 0.3) is 0 Å². The van der Waals surface area contributed by atoms with E-state index < -0.39 is 0 Å². The number of rotatable bonds is 2. The first-order valence-electron chi connectivity index (χ1n) is 5.13. The maximum absolute atomic E-state index is 12.2. The summed E-state index contributed by atoms with van der Waals surface area (Å²) in [4.78, 5) is 25.7. The highest BCUT2D eigenvalue weighted by Crippen LogP contribution is 2.34. The van der Waals surface area contributed by atoms with Crippen molar-refractivity contribution in [2.75, 3.05) is 26.9 Å². The molecule has 2 amide bonds. The number of nitrogens with one attached hydrogen (secondary N) is 1. The number of hydrogen-bond acceptors (Lipinski definition) is 3. The lowest BCUT2D eigenvalue weighted by Crippen LogP contribution is -2.28. The van der Waals surface area contributed by atoms with Gasteiger partial charge in [0.05, 0.1) is 24.0 Å². The van der Waals surface area contributed by atoms with E-state index >= 15 is 0 Å². The Kier molecular flexibility index (Phi) is 6.10. The van der Waals surface area contributed by atoms with Gasteiger partial charge in [-0.1, -0.05) is 0 Å². The minimum atomic E-state index is -0.246. The van der Waals surface area contributed by atoms with E-state index in [1.165, 1.54) is 4.90 Å². The Morgan fingerprint density at radius 3 is 1.95 bits per heavy atom. The standard InChI is InChI=1S/C11H12I3N3O2/c1-16-10(18)4-6(12)5(11(19)17(2)3)8(14)9(15)7(4)13/h15H2,1-3H3,(H,16,18). The summed E-state index contributed by atoms with van der Waals surface area (Å²) >= 11 is 6.10. The summed E-state index contributed by atoms with van der Waals surface area (Å²) in [7, 11) is 4.89. The van der Waals surface area contributed by atoms with Gasteiger partial charge in [0.2, 0.25) is 0 Å². The van der Waals surface area contributed by atoms with E-state index in [0.29, 0.717) is 27.5 Å². The Hall–Kier alpha value is 0.150. The zero-order chi connectivity index (χ0) is 14.9. The Balaban J connectivity index is 3.71. The third kappa shape index (κ3) is 3.25. The lowest BCUT2D eigenvalue weighted by Gasteiger charge is -2.18. The van der Waals surface area contributed by atoms with Crippen molar-refractivity contribution >= 4 is 85.3 Å². The molecule has 5 nitrogen and oxygen atoms in total. The molecule has 0 aliphatic heterocycles. The fourth-order valence-corrected chi connectivity index (χ4v) is 5.54. The molecule has 0 aliphatic rings. The van der Waals surface area contributed by atoms with E-state index in [1.54, 1.807) is 21.1 Å². The van der Waals surface area contributed by atoms with Gasteiger partial charge in [-0.15, -0.1) is 0 Å². The smallest absolute Gasteiger partial charge is 0.255 e. The van der Waals surface area contributed by atoms with Gasteiger partial charge in [0.1, 0.15) is 0 Å². The molecule has 1 aromatic carbocycles. The van der Waals surface area contributed by atoms with Crippen LogP contribution in [0.3, 0.4) is 0 Å². The predicted molar refractivity (Wildman–Crippen MR) is 100 cm³/mol. The number of nitrogen functional groups attached to an aromatic ring is 1. The predicted octanol–water partition coefficient (Wildman–Crippen LogP) is 2.14. The summed E-state index contributed by atoms with van der Waals surface area (Å²) in [5.41, 5.74) is 7.40. The quantitative estimate of drug-likeness (QED) is 0.405. The Morgan fingerprint density at radius 2 is 1.53 bits per heavy atom. The molecule has 0 aliphatic carbocycles. The molecule has 0 heterocycles.